The zero-order chi connectivity index (χ0) is 12.7. The van der Waals surface area contributed by atoms with E-state index in [0.717, 1.165) is 25.1 Å². The molecule has 5 nitrogen and oxygen atoms in total. The van der Waals surface area contributed by atoms with Crippen LogP contribution in [0.4, 0.5) is 0 Å². The third-order valence-electron chi connectivity index (χ3n) is 2.89. The van der Waals surface area contributed by atoms with Crippen molar-refractivity contribution in [1.82, 2.24) is 10.6 Å². The molecular formula is C11H20N2O3S. The molecule has 1 aliphatic rings. The van der Waals surface area contributed by atoms with Crippen LogP contribution in [0.25, 0.3) is 0 Å². The van der Waals surface area contributed by atoms with Gasteiger partial charge in [0, 0.05) is 6.54 Å². The minimum absolute atomic E-state index is 0.0834. The summed E-state index contributed by atoms with van der Waals surface area (Å²) in [6, 6.07) is -0.753. The molecule has 0 aromatic rings. The molecule has 0 saturated carbocycles. The molecule has 0 aromatic heterocycles. The van der Waals surface area contributed by atoms with E-state index < -0.39 is 12.0 Å². The Balaban J connectivity index is 2.42. The van der Waals surface area contributed by atoms with E-state index in [0.29, 0.717) is 13.0 Å². The first-order chi connectivity index (χ1) is 8.15. The standard InChI is InChI=1S/C11H20N2O3S/c1-17-6-4-9(11(15)16)13-10(14)8-3-2-5-12-7-8/h8-9,12H,2-7H2,1H3,(H,13,14)(H,15,16)/t8-,9?/m1/s1. The monoisotopic (exact) mass is 260 g/mol. The van der Waals surface area contributed by atoms with Crippen LogP contribution in [0.1, 0.15) is 19.3 Å². The van der Waals surface area contributed by atoms with E-state index in [-0.39, 0.29) is 11.8 Å². The van der Waals surface area contributed by atoms with E-state index in [1.165, 1.54) is 0 Å². The number of carbonyl (C=O) groups excluding carboxylic acids is 1. The summed E-state index contributed by atoms with van der Waals surface area (Å²) in [5, 5.41) is 14.8. The number of carbonyl (C=O) groups is 2. The molecule has 3 N–H and O–H groups in total. The van der Waals surface area contributed by atoms with Gasteiger partial charge in [-0.3, -0.25) is 4.79 Å². The van der Waals surface area contributed by atoms with Gasteiger partial charge in [-0.25, -0.2) is 4.79 Å². The Morgan fingerprint density at radius 1 is 1.59 bits per heavy atom. The molecule has 0 aliphatic carbocycles. The van der Waals surface area contributed by atoms with E-state index in [1.807, 2.05) is 6.26 Å². The molecule has 1 saturated heterocycles. The van der Waals surface area contributed by atoms with Gasteiger partial charge in [0.1, 0.15) is 6.04 Å². The van der Waals surface area contributed by atoms with Gasteiger partial charge in [-0.05, 0) is 37.8 Å². The quantitative estimate of drug-likeness (QED) is 0.640. The molecule has 1 fully saturated rings. The SMILES string of the molecule is CSCCC(NC(=O)[C@@H]1CCCNC1)C(=O)O. The van der Waals surface area contributed by atoms with E-state index >= 15 is 0 Å². The fourth-order valence-electron chi connectivity index (χ4n) is 1.86. The topological polar surface area (TPSA) is 78.4 Å². The van der Waals surface area contributed by atoms with Crippen LogP contribution in [0, 0.1) is 5.92 Å². The van der Waals surface area contributed by atoms with Crippen molar-refractivity contribution in [1.29, 1.82) is 0 Å². The first kappa shape index (κ1) is 14.3. The molecule has 0 radical (unpaired) electrons. The minimum atomic E-state index is -0.948. The van der Waals surface area contributed by atoms with E-state index in [9.17, 15) is 9.59 Å². The highest BCUT2D eigenvalue weighted by Gasteiger charge is 2.25. The summed E-state index contributed by atoms with van der Waals surface area (Å²) in [6.45, 7) is 1.60. The second kappa shape index (κ2) is 7.55. The molecule has 6 heteroatoms. The molecule has 1 rings (SSSR count). The number of carboxylic acid groups (broad SMARTS) is 1. The smallest absolute Gasteiger partial charge is 0.326 e. The molecule has 2 atom stereocenters. The van der Waals surface area contributed by atoms with Crippen LogP contribution in [-0.2, 0) is 9.59 Å². The third-order valence-corrected chi connectivity index (χ3v) is 3.54. The van der Waals surface area contributed by atoms with E-state index in [2.05, 4.69) is 10.6 Å². The number of hydrogen-bond acceptors (Lipinski definition) is 4. The Morgan fingerprint density at radius 3 is 2.88 bits per heavy atom. The number of hydrogen-bond donors (Lipinski definition) is 3. The second-order valence-electron chi connectivity index (χ2n) is 4.22. The Labute approximate surface area is 106 Å². The number of thioether (sulfide) groups is 1. The van der Waals surface area contributed by atoms with Crippen molar-refractivity contribution in [2.24, 2.45) is 5.92 Å². The number of piperidine rings is 1. The maximum Gasteiger partial charge on any atom is 0.326 e. The Kier molecular flexibility index (Phi) is 6.36. The zero-order valence-electron chi connectivity index (χ0n) is 10.1. The summed E-state index contributed by atoms with van der Waals surface area (Å²) in [5.41, 5.74) is 0. The van der Waals surface area contributed by atoms with Crippen molar-refractivity contribution in [2.75, 3.05) is 25.1 Å². The van der Waals surface area contributed by atoms with Gasteiger partial charge in [-0.1, -0.05) is 0 Å². The maximum absolute atomic E-state index is 11.9. The molecule has 0 aromatic carbocycles. The first-order valence-electron chi connectivity index (χ1n) is 5.88. The van der Waals surface area contributed by atoms with Crippen LogP contribution in [-0.4, -0.2) is 48.1 Å². The zero-order valence-corrected chi connectivity index (χ0v) is 10.9. The van der Waals surface area contributed by atoms with Gasteiger partial charge >= 0.3 is 5.97 Å². The molecule has 1 unspecified atom stereocenters. The molecule has 17 heavy (non-hydrogen) atoms. The normalized spacial score (nSPS) is 21.8. The summed E-state index contributed by atoms with van der Waals surface area (Å²) in [6.07, 6.45) is 4.21. The van der Waals surface area contributed by atoms with E-state index in [4.69, 9.17) is 5.11 Å². The Morgan fingerprint density at radius 2 is 2.35 bits per heavy atom. The van der Waals surface area contributed by atoms with Crippen molar-refractivity contribution in [3.63, 3.8) is 0 Å². The molecule has 1 aliphatic heterocycles. The molecule has 0 bridgehead atoms. The van der Waals surface area contributed by atoms with Crippen LogP contribution < -0.4 is 10.6 Å². The minimum Gasteiger partial charge on any atom is -0.480 e. The lowest BCUT2D eigenvalue weighted by atomic mass is 9.98. The maximum atomic E-state index is 11.9. The summed E-state index contributed by atoms with van der Waals surface area (Å²) in [5.74, 6) is -0.429. The van der Waals surface area contributed by atoms with Gasteiger partial charge in [0.2, 0.25) is 5.91 Å². The number of aliphatic carboxylic acids is 1. The summed E-state index contributed by atoms with van der Waals surface area (Å²) >= 11 is 1.58. The van der Waals surface area contributed by atoms with Crippen LogP contribution in [0.2, 0.25) is 0 Å². The third kappa shape index (κ3) is 4.95. The van der Waals surface area contributed by atoms with Crippen molar-refractivity contribution in [3.05, 3.63) is 0 Å². The Hall–Kier alpha value is -0.750. The van der Waals surface area contributed by atoms with Crippen molar-refractivity contribution in [2.45, 2.75) is 25.3 Å². The lowest BCUT2D eigenvalue weighted by molar-refractivity contribution is -0.142. The van der Waals surface area contributed by atoms with Crippen LogP contribution in [0.15, 0.2) is 0 Å². The number of nitrogens with one attached hydrogen (secondary N) is 2. The lowest BCUT2D eigenvalue weighted by Gasteiger charge is -2.23. The molecule has 1 heterocycles. The Bertz CT molecular complexity index is 267. The summed E-state index contributed by atoms with van der Waals surface area (Å²) < 4.78 is 0. The lowest BCUT2D eigenvalue weighted by Crippen LogP contribution is -2.47. The van der Waals surface area contributed by atoms with Crippen molar-refractivity contribution >= 4 is 23.6 Å². The van der Waals surface area contributed by atoms with Crippen molar-refractivity contribution < 1.29 is 14.7 Å². The van der Waals surface area contributed by atoms with Gasteiger partial charge in [0.25, 0.3) is 0 Å². The van der Waals surface area contributed by atoms with Gasteiger partial charge in [-0.2, -0.15) is 11.8 Å². The van der Waals surface area contributed by atoms with Crippen LogP contribution >= 0.6 is 11.8 Å². The predicted molar refractivity (Wildman–Crippen MR) is 68.2 cm³/mol. The van der Waals surface area contributed by atoms with E-state index in [1.54, 1.807) is 11.8 Å². The number of rotatable bonds is 6. The van der Waals surface area contributed by atoms with Crippen LogP contribution in [0.3, 0.4) is 0 Å². The van der Waals surface area contributed by atoms with Crippen LogP contribution in [0.5, 0.6) is 0 Å². The fourth-order valence-corrected chi connectivity index (χ4v) is 2.33. The predicted octanol–water partition coefficient (Wildman–Crippen LogP) is 0.309. The first-order valence-corrected chi connectivity index (χ1v) is 7.27. The summed E-state index contributed by atoms with van der Waals surface area (Å²) in [4.78, 5) is 22.8. The van der Waals surface area contributed by atoms with Gasteiger partial charge < -0.3 is 15.7 Å². The fraction of sp³-hybridized carbons (Fsp3) is 0.818. The molecule has 1 amide bonds. The van der Waals surface area contributed by atoms with Gasteiger partial charge in [0.15, 0.2) is 0 Å². The average Bonchev–Trinajstić information content (AvgIpc) is 2.35. The number of carboxylic acids is 1. The number of amides is 1. The van der Waals surface area contributed by atoms with Gasteiger partial charge in [-0.15, -0.1) is 0 Å². The molecule has 0 spiro atoms. The highest BCUT2D eigenvalue weighted by Crippen LogP contribution is 2.11. The van der Waals surface area contributed by atoms with Gasteiger partial charge in [0.05, 0.1) is 5.92 Å². The largest absolute Gasteiger partial charge is 0.480 e. The van der Waals surface area contributed by atoms with Crippen molar-refractivity contribution in [3.8, 4) is 0 Å². The molecular weight excluding hydrogens is 240 g/mol. The summed E-state index contributed by atoms with van der Waals surface area (Å²) in [7, 11) is 0. The average molecular weight is 260 g/mol. The molecule has 98 valence electrons. The highest BCUT2D eigenvalue weighted by molar-refractivity contribution is 7.98. The highest BCUT2D eigenvalue weighted by atomic mass is 32.2. The second-order valence-corrected chi connectivity index (χ2v) is 5.21.